The van der Waals surface area contributed by atoms with Gasteiger partial charge in [-0.1, -0.05) is 60.7 Å². The zero-order valence-corrected chi connectivity index (χ0v) is 15.3. The van der Waals surface area contributed by atoms with E-state index in [-0.39, 0.29) is 6.04 Å². The summed E-state index contributed by atoms with van der Waals surface area (Å²) in [5.74, 6) is 0.937. The van der Waals surface area contributed by atoms with Crippen molar-refractivity contribution in [3.63, 3.8) is 0 Å². The number of rotatable bonds is 2. The number of nitrogens with one attached hydrogen (secondary N) is 1. The second-order valence-electron chi connectivity index (χ2n) is 6.62. The zero-order valence-electron chi connectivity index (χ0n) is 14.4. The topological polar surface area (TPSA) is 24.4 Å². The first-order valence-corrected chi connectivity index (χ1v) is 9.59. The minimum Gasteiger partial charge on any atom is -0.344 e. The summed E-state index contributed by atoms with van der Waals surface area (Å²) in [6.45, 7) is 2.10. The molecule has 0 amide bonds. The highest BCUT2D eigenvalue weighted by Gasteiger charge is 2.17. The standard InChI is InChI=1S/C23H18N2S/c1-15-13-20(25-23(24-15)16-7-3-2-4-8-16)17-11-12-19-18-9-5-6-10-21(18)26-22(19)14-17/h2-14,20H,1H3,(H,24,25). The molecule has 0 aliphatic carbocycles. The molecular weight excluding hydrogens is 336 g/mol. The molecule has 1 atom stereocenters. The van der Waals surface area contributed by atoms with Crippen LogP contribution in [0.15, 0.2) is 89.6 Å². The van der Waals surface area contributed by atoms with Crippen molar-refractivity contribution in [3.05, 3.63) is 95.7 Å². The third-order valence-electron chi connectivity index (χ3n) is 4.78. The Balaban J connectivity index is 1.60. The molecule has 1 aliphatic heterocycles. The lowest BCUT2D eigenvalue weighted by Gasteiger charge is -2.21. The molecule has 2 heterocycles. The summed E-state index contributed by atoms with van der Waals surface area (Å²) < 4.78 is 2.66. The molecular formula is C23H18N2S. The third kappa shape index (κ3) is 2.61. The van der Waals surface area contributed by atoms with Gasteiger partial charge in [0, 0.05) is 31.4 Å². The van der Waals surface area contributed by atoms with E-state index in [1.165, 1.54) is 25.7 Å². The van der Waals surface area contributed by atoms with Gasteiger partial charge in [-0.2, -0.15) is 0 Å². The van der Waals surface area contributed by atoms with Crippen molar-refractivity contribution in [1.82, 2.24) is 5.32 Å². The maximum atomic E-state index is 4.97. The second kappa shape index (κ2) is 6.11. The van der Waals surface area contributed by atoms with Crippen LogP contribution in [0.5, 0.6) is 0 Å². The Morgan fingerprint density at radius 1 is 0.846 bits per heavy atom. The van der Waals surface area contributed by atoms with Gasteiger partial charge in [0.2, 0.25) is 0 Å². The summed E-state index contributed by atoms with van der Waals surface area (Å²) in [7, 11) is 0. The van der Waals surface area contributed by atoms with E-state index in [1.54, 1.807) is 0 Å². The highest BCUT2D eigenvalue weighted by atomic mass is 32.1. The fraction of sp³-hybridized carbons (Fsp3) is 0.0870. The van der Waals surface area contributed by atoms with E-state index in [0.717, 1.165) is 17.1 Å². The molecule has 126 valence electrons. The molecule has 0 fully saturated rings. The van der Waals surface area contributed by atoms with Crippen LogP contribution in [-0.2, 0) is 0 Å². The molecule has 0 radical (unpaired) electrons. The Morgan fingerprint density at radius 3 is 2.50 bits per heavy atom. The number of allylic oxidation sites excluding steroid dienone is 1. The number of aliphatic imine (C=N–C) groups is 1. The molecule has 1 N–H and O–H groups in total. The molecule has 0 saturated carbocycles. The van der Waals surface area contributed by atoms with Gasteiger partial charge in [0.15, 0.2) is 0 Å². The first-order chi connectivity index (χ1) is 12.8. The number of hydrogen-bond donors (Lipinski definition) is 1. The van der Waals surface area contributed by atoms with Crippen LogP contribution in [0.25, 0.3) is 20.2 Å². The number of thiophene rings is 1. The summed E-state index contributed by atoms with van der Waals surface area (Å²) in [6, 6.07) is 25.7. The quantitative estimate of drug-likeness (QED) is 0.465. The Hall–Kier alpha value is -2.91. The lowest BCUT2D eigenvalue weighted by molar-refractivity contribution is 0.846. The predicted molar refractivity (Wildman–Crippen MR) is 112 cm³/mol. The normalized spacial score (nSPS) is 17.0. The number of amidine groups is 1. The fourth-order valence-electron chi connectivity index (χ4n) is 3.51. The highest BCUT2D eigenvalue weighted by Crippen LogP contribution is 2.36. The first-order valence-electron chi connectivity index (χ1n) is 8.78. The van der Waals surface area contributed by atoms with Gasteiger partial charge in [0.05, 0.1) is 6.04 Å². The van der Waals surface area contributed by atoms with Gasteiger partial charge in [0.25, 0.3) is 0 Å². The average molecular weight is 354 g/mol. The van der Waals surface area contributed by atoms with Crippen molar-refractivity contribution in [2.24, 2.45) is 4.99 Å². The van der Waals surface area contributed by atoms with Crippen molar-refractivity contribution >= 4 is 37.3 Å². The maximum absolute atomic E-state index is 4.97. The zero-order chi connectivity index (χ0) is 17.5. The van der Waals surface area contributed by atoms with Crippen LogP contribution in [0, 0.1) is 0 Å². The van der Waals surface area contributed by atoms with Crippen molar-refractivity contribution < 1.29 is 0 Å². The van der Waals surface area contributed by atoms with Crippen LogP contribution >= 0.6 is 11.3 Å². The average Bonchev–Trinajstić information content (AvgIpc) is 3.06. The van der Waals surface area contributed by atoms with E-state index in [4.69, 9.17) is 4.99 Å². The smallest absolute Gasteiger partial charge is 0.133 e. The summed E-state index contributed by atoms with van der Waals surface area (Å²) in [4.78, 5) is 4.97. The number of benzene rings is 3. The maximum Gasteiger partial charge on any atom is 0.133 e. The second-order valence-corrected chi connectivity index (χ2v) is 7.70. The summed E-state index contributed by atoms with van der Waals surface area (Å²) in [5, 5.41) is 6.07. The van der Waals surface area contributed by atoms with Crippen LogP contribution in [-0.4, -0.2) is 5.84 Å². The van der Waals surface area contributed by atoms with Gasteiger partial charge >= 0.3 is 0 Å². The van der Waals surface area contributed by atoms with E-state index in [1.807, 2.05) is 29.5 Å². The van der Waals surface area contributed by atoms with Crippen molar-refractivity contribution in [2.75, 3.05) is 0 Å². The summed E-state index contributed by atoms with van der Waals surface area (Å²) in [5.41, 5.74) is 3.49. The molecule has 3 aromatic carbocycles. The van der Waals surface area contributed by atoms with Gasteiger partial charge in [-0.3, -0.25) is 4.99 Å². The van der Waals surface area contributed by atoms with Crippen LogP contribution in [0.1, 0.15) is 24.1 Å². The summed E-state index contributed by atoms with van der Waals surface area (Å²) in [6.07, 6.45) is 2.20. The Labute approximate surface area is 156 Å². The molecule has 1 aromatic heterocycles. The fourth-order valence-corrected chi connectivity index (χ4v) is 4.67. The van der Waals surface area contributed by atoms with E-state index >= 15 is 0 Å². The highest BCUT2D eigenvalue weighted by molar-refractivity contribution is 7.25. The first kappa shape index (κ1) is 15.4. The van der Waals surface area contributed by atoms with Crippen molar-refractivity contribution in [1.29, 1.82) is 0 Å². The number of nitrogens with zero attached hydrogens (tertiary/aromatic N) is 1. The van der Waals surface area contributed by atoms with E-state index in [9.17, 15) is 0 Å². The van der Waals surface area contributed by atoms with Crippen LogP contribution in [0.2, 0.25) is 0 Å². The molecule has 0 spiro atoms. The number of fused-ring (bicyclic) bond motifs is 3. The Kier molecular flexibility index (Phi) is 3.61. The predicted octanol–water partition coefficient (Wildman–Crippen LogP) is 6.05. The van der Waals surface area contributed by atoms with Crippen LogP contribution < -0.4 is 5.32 Å². The van der Waals surface area contributed by atoms with Gasteiger partial charge in [-0.15, -0.1) is 11.3 Å². The molecule has 4 aromatic rings. The lowest BCUT2D eigenvalue weighted by atomic mass is 10.0. The monoisotopic (exact) mass is 354 g/mol. The van der Waals surface area contributed by atoms with Crippen molar-refractivity contribution in [3.8, 4) is 0 Å². The summed E-state index contributed by atoms with van der Waals surface area (Å²) >= 11 is 1.85. The molecule has 3 heteroatoms. The SMILES string of the molecule is CC1=CC(c2ccc3c(c2)sc2ccccc23)N=C(c2ccccc2)N1. The third-order valence-corrected chi connectivity index (χ3v) is 5.92. The van der Waals surface area contributed by atoms with Gasteiger partial charge in [-0.05, 0) is 30.7 Å². The minimum absolute atomic E-state index is 0.0427. The Bertz CT molecular complexity index is 1170. The van der Waals surface area contributed by atoms with E-state index < -0.39 is 0 Å². The molecule has 0 saturated heterocycles. The Morgan fingerprint density at radius 2 is 1.62 bits per heavy atom. The minimum atomic E-state index is 0.0427. The van der Waals surface area contributed by atoms with Crippen LogP contribution in [0.4, 0.5) is 0 Å². The van der Waals surface area contributed by atoms with Gasteiger partial charge < -0.3 is 5.32 Å². The molecule has 1 unspecified atom stereocenters. The molecule has 5 rings (SSSR count). The number of hydrogen-bond acceptors (Lipinski definition) is 3. The van der Waals surface area contributed by atoms with E-state index in [2.05, 4.69) is 72.9 Å². The molecule has 2 nitrogen and oxygen atoms in total. The molecule has 0 bridgehead atoms. The van der Waals surface area contributed by atoms with Gasteiger partial charge in [-0.25, -0.2) is 0 Å². The van der Waals surface area contributed by atoms with Crippen molar-refractivity contribution in [2.45, 2.75) is 13.0 Å². The van der Waals surface area contributed by atoms with E-state index in [0.29, 0.717) is 0 Å². The molecule has 26 heavy (non-hydrogen) atoms. The largest absolute Gasteiger partial charge is 0.344 e. The van der Waals surface area contributed by atoms with Crippen LogP contribution in [0.3, 0.4) is 0 Å². The van der Waals surface area contributed by atoms with Gasteiger partial charge in [0.1, 0.15) is 5.84 Å². The molecule has 1 aliphatic rings. The lowest BCUT2D eigenvalue weighted by Crippen LogP contribution is -2.27.